The number of amides is 1. The fourth-order valence-electron chi connectivity index (χ4n) is 2.60. The van der Waals surface area contributed by atoms with Gasteiger partial charge in [-0.1, -0.05) is 12.1 Å². The Labute approximate surface area is 105 Å². The number of carbonyl (C=O) groups excluding carboxylic acids is 1. The minimum absolute atomic E-state index is 0.125. The summed E-state index contributed by atoms with van der Waals surface area (Å²) in [6.45, 7) is 2.74. The number of nitrogen functional groups attached to an aromatic ring is 1. The van der Waals surface area contributed by atoms with Crippen LogP contribution >= 0.6 is 0 Å². The summed E-state index contributed by atoms with van der Waals surface area (Å²) in [6, 6.07) is 6.15. The van der Waals surface area contributed by atoms with Gasteiger partial charge in [0.1, 0.15) is 0 Å². The predicted octanol–water partition coefficient (Wildman–Crippen LogP) is 1.21. The lowest BCUT2D eigenvalue weighted by Gasteiger charge is -2.13. The molecule has 94 valence electrons. The van der Waals surface area contributed by atoms with Gasteiger partial charge in [0.05, 0.1) is 11.0 Å². The zero-order valence-corrected chi connectivity index (χ0v) is 10.3. The molecule has 0 aliphatic carbocycles. The van der Waals surface area contributed by atoms with E-state index < -0.39 is 0 Å². The molecule has 5 heteroatoms. The number of rotatable bonds is 2. The summed E-state index contributed by atoms with van der Waals surface area (Å²) in [4.78, 5) is 15.6. The van der Waals surface area contributed by atoms with Gasteiger partial charge in [0, 0.05) is 19.0 Å². The molecule has 2 heterocycles. The number of hydrogen-bond donors (Lipinski definition) is 2. The van der Waals surface area contributed by atoms with Crippen LogP contribution in [0.3, 0.4) is 0 Å². The summed E-state index contributed by atoms with van der Waals surface area (Å²) in [5, 5.41) is 2.96. The third-order valence-corrected chi connectivity index (χ3v) is 3.49. The van der Waals surface area contributed by atoms with Crippen LogP contribution in [-0.2, 0) is 11.3 Å². The monoisotopic (exact) mass is 244 g/mol. The van der Waals surface area contributed by atoms with Crippen molar-refractivity contribution in [2.24, 2.45) is 0 Å². The highest BCUT2D eigenvalue weighted by Gasteiger charge is 2.22. The summed E-state index contributed by atoms with van der Waals surface area (Å²) >= 11 is 0. The molecule has 1 unspecified atom stereocenters. The van der Waals surface area contributed by atoms with E-state index in [0.29, 0.717) is 18.9 Å². The number of anilines is 1. The molecular weight excluding hydrogens is 228 g/mol. The molecule has 0 radical (unpaired) electrons. The van der Waals surface area contributed by atoms with Crippen molar-refractivity contribution in [3.63, 3.8) is 0 Å². The molecule has 1 aromatic carbocycles. The molecule has 1 atom stereocenters. The Kier molecular flexibility index (Phi) is 2.47. The number of imidazole rings is 1. The average molecular weight is 244 g/mol. The van der Waals surface area contributed by atoms with E-state index in [1.807, 2.05) is 29.7 Å². The van der Waals surface area contributed by atoms with E-state index in [1.165, 1.54) is 0 Å². The Hall–Kier alpha value is -2.04. The van der Waals surface area contributed by atoms with E-state index >= 15 is 0 Å². The first-order valence-corrected chi connectivity index (χ1v) is 6.16. The highest BCUT2D eigenvalue weighted by molar-refractivity contribution is 5.82. The van der Waals surface area contributed by atoms with Crippen LogP contribution in [0, 0.1) is 6.92 Å². The van der Waals surface area contributed by atoms with Crippen LogP contribution in [0.15, 0.2) is 18.2 Å². The molecule has 2 aromatic rings. The van der Waals surface area contributed by atoms with Gasteiger partial charge in [0.15, 0.2) is 0 Å². The van der Waals surface area contributed by atoms with Crippen molar-refractivity contribution in [1.82, 2.24) is 14.9 Å². The Morgan fingerprint density at radius 3 is 3.11 bits per heavy atom. The van der Waals surface area contributed by atoms with Gasteiger partial charge in [-0.05, 0) is 25.0 Å². The Morgan fingerprint density at radius 1 is 1.56 bits per heavy atom. The van der Waals surface area contributed by atoms with Crippen molar-refractivity contribution in [2.45, 2.75) is 32.4 Å². The SMILES string of the molecule is Cc1cccc2nc(N)n(CC3CCC(=O)N3)c12. The number of fused-ring (bicyclic) bond motifs is 1. The molecule has 0 bridgehead atoms. The molecule has 0 saturated carbocycles. The highest BCUT2D eigenvalue weighted by atomic mass is 16.1. The minimum atomic E-state index is 0.125. The fourth-order valence-corrected chi connectivity index (χ4v) is 2.60. The highest BCUT2D eigenvalue weighted by Crippen LogP contribution is 2.23. The van der Waals surface area contributed by atoms with Crippen LogP contribution in [-0.4, -0.2) is 21.5 Å². The van der Waals surface area contributed by atoms with Crippen molar-refractivity contribution in [2.75, 3.05) is 5.73 Å². The van der Waals surface area contributed by atoms with E-state index in [9.17, 15) is 4.79 Å². The molecule has 18 heavy (non-hydrogen) atoms. The van der Waals surface area contributed by atoms with Gasteiger partial charge < -0.3 is 15.6 Å². The molecule has 0 spiro atoms. The van der Waals surface area contributed by atoms with Gasteiger partial charge in [0.25, 0.3) is 0 Å². The molecule has 1 saturated heterocycles. The molecule has 5 nitrogen and oxygen atoms in total. The number of carbonyl (C=O) groups is 1. The molecule has 3 N–H and O–H groups in total. The maximum Gasteiger partial charge on any atom is 0.220 e. The average Bonchev–Trinajstić information content (AvgIpc) is 2.85. The van der Waals surface area contributed by atoms with Crippen LogP contribution in [0.4, 0.5) is 5.95 Å². The number of benzene rings is 1. The second-order valence-corrected chi connectivity index (χ2v) is 4.83. The number of para-hydroxylation sites is 1. The maximum atomic E-state index is 11.2. The molecule has 1 fully saturated rings. The summed E-state index contributed by atoms with van der Waals surface area (Å²) in [7, 11) is 0. The van der Waals surface area contributed by atoms with Crippen molar-refractivity contribution >= 4 is 22.9 Å². The van der Waals surface area contributed by atoms with E-state index in [0.717, 1.165) is 23.0 Å². The predicted molar refractivity (Wildman–Crippen MR) is 70.0 cm³/mol. The lowest BCUT2D eigenvalue weighted by atomic mass is 10.2. The lowest BCUT2D eigenvalue weighted by molar-refractivity contribution is -0.119. The van der Waals surface area contributed by atoms with Gasteiger partial charge in [-0.2, -0.15) is 0 Å². The molecule has 1 aliphatic rings. The summed E-state index contributed by atoms with van der Waals surface area (Å²) < 4.78 is 2.00. The van der Waals surface area contributed by atoms with Gasteiger partial charge >= 0.3 is 0 Å². The van der Waals surface area contributed by atoms with Crippen molar-refractivity contribution in [3.05, 3.63) is 23.8 Å². The quantitative estimate of drug-likeness (QED) is 0.833. The Bertz CT molecular complexity index is 617. The largest absolute Gasteiger partial charge is 0.369 e. The number of aromatic nitrogens is 2. The third-order valence-electron chi connectivity index (χ3n) is 3.49. The van der Waals surface area contributed by atoms with Crippen molar-refractivity contribution < 1.29 is 4.79 Å². The summed E-state index contributed by atoms with van der Waals surface area (Å²) in [5.74, 6) is 0.639. The van der Waals surface area contributed by atoms with Crippen molar-refractivity contribution in [3.8, 4) is 0 Å². The first-order chi connectivity index (χ1) is 8.65. The van der Waals surface area contributed by atoms with Crippen LogP contribution in [0.5, 0.6) is 0 Å². The van der Waals surface area contributed by atoms with Crippen LogP contribution in [0.2, 0.25) is 0 Å². The zero-order valence-electron chi connectivity index (χ0n) is 10.3. The topological polar surface area (TPSA) is 72.9 Å². The van der Waals surface area contributed by atoms with Crippen LogP contribution in [0.25, 0.3) is 11.0 Å². The van der Waals surface area contributed by atoms with E-state index in [4.69, 9.17) is 5.73 Å². The number of aryl methyl sites for hydroxylation is 1. The van der Waals surface area contributed by atoms with E-state index in [2.05, 4.69) is 10.3 Å². The molecule has 1 amide bonds. The van der Waals surface area contributed by atoms with E-state index in [-0.39, 0.29) is 11.9 Å². The Balaban J connectivity index is 2.00. The number of nitrogens with one attached hydrogen (secondary N) is 1. The van der Waals surface area contributed by atoms with Gasteiger partial charge in [-0.3, -0.25) is 4.79 Å². The number of nitrogens with zero attached hydrogens (tertiary/aromatic N) is 2. The minimum Gasteiger partial charge on any atom is -0.369 e. The normalized spacial score (nSPS) is 19.4. The molecular formula is C13H16N4O. The Morgan fingerprint density at radius 2 is 2.39 bits per heavy atom. The van der Waals surface area contributed by atoms with Crippen molar-refractivity contribution in [1.29, 1.82) is 0 Å². The van der Waals surface area contributed by atoms with Gasteiger partial charge in [-0.25, -0.2) is 4.98 Å². The van der Waals surface area contributed by atoms with Gasteiger partial charge in [0.2, 0.25) is 11.9 Å². The van der Waals surface area contributed by atoms with Crippen LogP contribution < -0.4 is 11.1 Å². The second kappa shape index (κ2) is 4.01. The summed E-state index contributed by atoms with van der Waals surface area (Å²) in [6.07, 6.45) is 1.47. The lowest BCUT2D eigenvalue weighted by Crippen LogP contribution is -2.30. The molecule has 3 rings (SSSR count). The van der Waals surface area contributed by atoms with Crippen LogP contribution in [0.1, 0.15) is 18.4 Å². The standard InChI is InChI=1S/C13H16N4O/c1-8-3-2-4-10-12(8)17(13(14)16-10)7-9-5-6-11(18)15-9/h2-4,9H,5-7H2,1H3,(H2,14,16)(H,15,18). The fraction of sp³-hybridized carbons (Fsp3) is 0.385. The summed E-state index contributed by atoms with van der Waals surface area (Å²) in [5.41, 5.74) is 9.11. The number of nitrogens with two attached hydrogens (primary N) is 1. The molecule has 1 aliphatic heterocycles. The first kappa shape index (κ1) is 11.1. The number of hydrogen-bond acceptors (Lipinski definition) is 3. The maximum absolute atomic E-state index is 11.2. The van der Waals surface area contributed by atoms with E-state index in [1.54, 1.807) is 0 Å². The third kappa shape index (κ3) is 1.72. The second-order valence-electron chi connectivity index (χ2n) is 4.83. The van der Waals surface area contributed by atoms with Gasteiger partial charge in [-0.15, -0.1) is 0 Å². The molecule has 1 aromatic heterocycles. The zero-order chi connectivity index (χ0) is 12.7. The smallest absolute Gasteiger partial charge is 0.220 e. The first-order valence-electron chi connectivity index (χ1n) is 6.16.